The van der Waals surface area contributed by atoms with Gasteiger partial charge in [-0.1, -0.05) is 10.5 Å². The summed E-state index contributed by atoms with van der Waals surface area (Å²) in [7, 11) is 0. The first-order chi connectivity index (χ1) is 7.52. The van der Waals surface area contributed by atoms with Crippen LogP contribution in [0.3, 0.4) is 0 Å². The molecular formula is C10H6FNO4. The molecular weight excluding hydrogens is 217 g/mol. The minimum atomic E-state index is -1.54. The number of pyridine rings is 1. The fourth-order valence-corrected chi connectivity index (χ4v) is 1.47. The fraction of sp³-hybridized carbons (Fsp3) is 0. The predicted molar refractivity (Wildman–Crippen MR) is 53.3 cm³/mol. The highest BCUT2D eigenvalue weighted by atomic mass is 19.2. The van der Waals surface area contributed by atoms with Crippen LogP contribution in [0.25, 0.3) is 10.9 Å². The summed E-state index contributed by atoms with van der Waals surface area (Å²) in [6, 6.07) is 3.81. The number of rotatable bonds is 1. The van der Waals surface area contributed by atoms with E-state index >= 15 is 0 Å². The molecule has 0 aliphatic carbocycles. The molecule has 0 radical (unpaired) electrons. The molecule has 0 aliphatic heterocycles. The molecule has 0 aliphatic rings. The quantitative estimate of drug-likeness (QED) is 0.759. The van der Waals surface area contributed by atoms with Crippen LogP contribution in [0.5, 0.6) is 5.75 Å². The van der Waals surface area contributed by atoms with Crippen LogP contribution in [-0.2, 0) is 0 Å². The molecule has 1 aromatic heterocycles. The summed E-state index contributed by atoms with van der Waals surface area (Å²) in [6.45, 7) is 0. The Balaban J connectivity index is 3.04. The van der Waals surface area contributed by atoms with Crippen molar-refractivity contribution in [1.29, 1.82) is 0 Å². The van der Waals surface area contributed by atoms with Crippen molar-refractivity contribution in [2.24, 2.45) is 0 Å². The van der Waals surface area contributed by atoms with Crippen molar-refractivity contribution in [2.45, 2.75) is 0 Å². The molecule has 82 valence electrons. The van der Waals surface area contributed by atoms with Gasteiger partial charge in [0.25, 0.3) is 0 Å². The van der Waals surface area contributed by atoms with Gasteiger partial charge in [0.2, 0.25) is 5.43 Å². The van der Waals surface area contributed by atoms with Crippen LogP contribution in [0.1, 0.15) is 10.4 Å². The van der Waals surface area contributed by atoms with E-state index in [1.165, 1.54) is 18.2 Å². The Labute approximate surface area is 87.9 Å². The largest absolute Gasteiger partial charge is 0.507 e. The molecule has 0 spiro atoms. The Morgan fingerprint density at radius 3 is 2.69 bits per heavy atom. The zero-order chi connectivity index (χ0) is 11.9. The van der Waals surface area contributed by atoms with E-state index in [9.17, 15) is 19.2 Å². The number of halogens is 1. The van der Waals surface area contributed by atoms with E-state index in [1.54, 1.807) is 0 Å². The zero-order valence-electron chi connectivity index (χ0n) is 7.85. The molecule has 0 atom stereocenters. The normalized spacial score (nSPS) is 10.6. The first-order valence-electron chi connectivity index (χ1n) is 4.29. The van der Waals surface area contributed by atoms with Crippen molar-refractivity contribution >= 4 is 16.9 Å². The lowest BCUT2D eigenvalue weighted by Crippen LogP contribution is -2.17. The first-order valence-corrected chi connectivity index (χ1v) is 4.29. The third-order valence-corrected chi connectivity index (χ3v) is 2.20. The maximum atomic E-state index is 13.4. The summed E-state index contributed by atoms with van der Waals surface area (Å²) in [5.74, 6) is -1.99. The van der Waals surface area contributed by atoms with Crippen LogP contribution >= 0.6 is 0 Å². The van der Waals surface area contributed by atoms with Crippen molar-refractivity contribution < 1.29 is 19.5 Å². The zero-order valence-corrected chi connectivity index (χ0v) is 7.85. The number of carboxylic acids is 1. The molecule has 0 amide bonds. The minimum absolute atomic E-state index is 0.0000926. The minimum Gasteiger partial charge on any atom is -0.507 e. The van der Waals surface area contributed by atoms with E-state index in [0.717, 1.165) is 0 Å². The van der Waals surface area contributed by atoms with Gasteiger partial charge in [0, 0.05) is 0 Å². The second kappa shape index (κ2) is 3.34. The molecule has 6 heteroatoms. The molecule has 2 rings (SSSR count). The summed E-state index contributed by atoms with van der Waals surface area (Å²) in [6.07, 6.45) is 0.576. The number of fused-ring (bicyclic) bond motifs is 1. The number of hydrogen-bond donors (Lipinski definition) is 2. The second-order valence-electron chi connectivity index (χ2n) is 3.16. The molecule has 2 aromatic rings. The molecule has 0 unspecified atom stereocenters. The number of benzene rings is 1. The first kappa shape index (κ1) is 10.2. The van der Waals surface area contributed by atoms with Crippen LogP contribution in [0, 0.1) is 0 Å². The SMILES string of the molecule is O=C(O)c1cn(F)c2cccc(O)c2c1=O. The van der Waals surface area contributed by atoms with Gasteiger partial charge in [0.15, 0.2) is 0 Å². The molecule has 16 heavy (non-hydrogen) atoms. The number of phenols is 1. The number of aromatic carboxylic acids is 1. The summed E-state index contributed by atoms with van der Waals surface area (Å²) in [5, 5.41) is 17.7. The molecule has 0 saturated carbocycles. The molecule has 0 saturated heterocycles. The molecule has 0 bridgehead atoms. The van der Waals surface area contributed by atoms with Crippen LogP contribution in [-0.4, -0.2) is 21.0 Å². The van der Waals surface area contributed by atoms with Gasteiger partial charge in [-0.25, -0.2) is 4.79 Å². The summed E-state index contributed by atoms with van der Waals surface area (Å²) < 4.78 is 13.4. The number of aromatic nitrogens is 1. The lowest BCUT2D eigenvalue weighted by atomic mass is 10.1. The standard InChI is InChI=1S/C10H6FNO4/c11-12-4-5(10(15)16)9(14)8-6(12)2-1-3-7(8)13/h1-4,13H,(H,15,16). The Bertz CT molecular complexity index is 647. The fourth-order valence-electron chi connectivity index (χ4n) is 1.47. The monoisotopic (exact) mass is 223 g/mol. The highest BCUT2D eigenvalue weighted by molar-refractivity contribution is 5.94. The third-order valence-electron chi connectivity index (χ3n) is 2.20. The highest BCUT2D eigenvalue weighted by Gasteiger charge is 2.16. The number of carbonyl (C=O) groups is 1. The van der Waals surface area contributed by atoms with E-state index in [0.29, 0.717) is 6.20 Å². The molecule has 0 fully saturated rings. The van der Waals surface area contributed by atoms with Crippen molar-refractivity contribution in [3.05, 3.63) is 40.2 Å². The smallest absolute Gasteiger partial charge is 0.341 e. The predicted octanol–water partition coefficient (Wildman–Crippen LogP) is 1.14. The van der Waals surface area contributed by atoms with Crippen LogP contribution in [0.4, 0.5) is 4.48 Å². The Morgan fingerprint density at radius 2 is 2.06 bits per heavy atom. The van der Waals surface area contributed by atoms with E-state index in [4.69, 9.17) is 5.11 Å². The number of hydrogen-bond acceptors (Lipinski definition) is 3. The molecule has 5 nitrogen and oxygen atoms in total. The van der Waals surface area contributed by atoms with E-state index in [2.05, 4.69) is 0 Å². The maximum absolute atomic E-state index is 13.4. The van der Waals surface area contributed by atoms with Gasteiger partial charge in [-0.15, -0.1) is 0 Å². The van der Waals surface area contributed by atoms with Gasteiger partial charge < -0.3 is 10.2 Å². The average Bonchev–Trinajstić information content (AvgIpc) is 2.22. The van der Waals surface area contributed by atoms with Crippen LogP contribution < -0.4 is 5.43 Å². The highest BCUT2D eigenvalue weighted by Crippen LogP contribution is 2.21. The van der Waals surface area contributed by atoms with Crippen molar-refractivity contribution in [1.82, 2.24) is 4.79 Å². The lowest BCUT2D eigenvalue weighted by Gasteiger charge is -2.04. The summed E-state index contributed by atoms with van der Waals surface area (Å²) >= 11 is 0. The molecule has 1 aromatic carbocycles. The Morgan fingerprint density at radius 1 is 1.38 bits per heavy atom. The van der Waals surface area contributed by atoms with Gasteiger partial charge in [-0.05, 0) is 12.1 Å². The van der Waals surface area contributed by atoms with Gasteiger partial charge in [0.1, 0.15) is 11.3 Å². The maximum Gasteiger partial charge on any atom is 0.341 e. The van der Waals surface area contributed by atoms with E-state index in [1.807, 2.05) is 0 Å². The molecule has 1 heterocycles. The summed E-state index contributed by atoms with van der Waals surface area (Å²) in [5.41, 5.74) is -1.80. The third kappa shape index (κ3) is 1.31. The van der Waals surface area contributed by atoms with E-state index in [-0.39, 0.29) is 15.7 Å². The van der Waals surface area contributed by atoms with Crippen molar-refractivity contribution in [3.63, 3.8) is 0 Å². The van der Waals surface area contributed by atoms with Gasteiger partial charge >= 0.3 is 5.97 Å². The number of aromatic hydroxyl groups is 1. The second-order valence-corrected chi connectivity index (χ2v) is 3.16. The van der Waals surface area contributed by atoms with Crippen molar-refractivity contribution in [3.8, 4) is 5.75 Å². The van der Waals surface area contributed by atoms with Crippen molar-refractivity contribution in [2.75, 3.05) is 0 Å². The Kier molecular flexibility index (Phi) is 2.12. The molecule has 2 N–H and O–H groups in total. The van der Waals surface area contributed by atoms with Gasteiger partial charge in [0.05, 0.1) is 17.1 Å². The lowest BCUT2D eigenvalue weighted by molar-refractivity contribution is 0.0693. The topological polar surface area (TPSA) is 79.5 Å². The van der Waals surface area contributed by atoms with Crippen LogP contribution in [0.15, 0.2) is 29.2 Å². The number of nitrogens with zero attached hydrogens (tertiary/aromatic N) is 1. The van der Waals surface area contributed by atoms with E-state index < -0.39 is 22.7 Å². The average molecular weight is 223 g/mol. The summed E-state index contributed by atoms with van der Waals surface area (Å²) in [4.78, 5) is 22.3. The Hall–Kier alpha value is -2.37. The number of phenolic OH excluding ortho intramolecular Hbond substituents is 1. The van der Waals surface area contributed by atoms with Crippen LogP contribution in [0.2, 0.25) is 0 Å². The number of carboxylic acid groups (broad SMARTS) is 1. The van der Waals surface area contributed by atoms with Gasteiger partial charge in [-0.2, -0.15) is 4.79 Å². The van der Waals surface area contributed by atoms with Gasteiger partial charge in [-0.3, -0.25) is 4.79 Å².